The van der Waals surface area contributed by atoms with Crippen molar-refractivity contribution >= 4 is 17.3 Å². The third-order valence-corrected chi connectivity index (χ3v) is 2.80. The van der Waals surface area contributed by atoms with Crippen molar-refractivity contribution in [2.24, 2.45) is 5.84 Å². The highest BCUT2D eigenvalue weighted by Crippen LogP contribution is 2.24. The van der Waals surface area contributed by atoms with Crippen LogP contribution in [0.15, 0.2) is 24.5 Å². The van der Waals surface area contributed by atoms with Gasteiger partial charge < -0.3 is 10.7 Å². The molecule has 5 N–H and O–H groups in total. The number of rotatable bonds is 5. The summed E-state index contributed by atoms with van der Waals surface area (Å²) in [5.74, 6) is 5.20. The number of hydrazine groups is 1. The lowest BCUT2D eigenvalue weighted by atomic mass is 10.1. The number of aromatic nitrogens is 3. The van der Waals surface area contributed by atoms with Crippen LogP contribution in [0.25, 0.3) is 0 Å². The van der Waals surface area contributed by atoms with Gasteiger partial charge in [0, 0.05) is 11.6 Å². The minimum atomic E-state index is -0.619. The molecule has 0 aliphatic carbocycles. The molecule has 2 rings (SSSR count). The number of carbonyl (C=O) groups excluding carboxylic acids is 1. The first kappa shape index (κ1) is 14.4. The minimum absolute atomic E-state index is 0.125. The fraction of sp³-hybridized carbons (Fsp3) is 0.182. The second-order valence-electron chi connectivity index (χ2n) is 4.20. The Morgan fingerprint density at radius 1 is 1.52 bits per heavy atom. The maximum atomic E-state index is 12.1. The van der Waals surface area contributed by atoms with Crippen LogP contribution in [-0.2, 0) is 0 Å². The Labute approximate surface area is 118 Å². The molecule has 1 aromatic carbocycles. The quantitative estimate of drug-likeness (QED) is 0.355. The maximum Gasteiger partial charge on any atom is 0.294 e. The van der Waals surface area contributed by atoms with E-state index in [0.29, 0.717) is 5.82 Å². The number of anilines is 1. The number of aromatic amines is 1. The van der Waals surface area contributed by atoms with Gasteiger partial charge in [0.25, 0.3) is 11.6 Å². The third-order valence-electron chi connectivity index (χ3n) is 2.80. The Kier molecular flexibility index (Phi) is 4.09. The largest absolute Gasteiger partial charge is 0.342 e. The van der Waals surface area contributed by atoms with Gasteiger partial charge in [-0.1, -0.05) is 0 Å². The summed E-state index contributed by atoms with van der Waals surface area (Å²) in [5, 5.41) is 19.9. The fourth-order valence-corrected chi connectivity index (χ4v) is 1.72. The number of nitrogens with zero attached hydrogens (tertiary/aromatic N) is 3. The van der Waals surface area contributed by atoms with Crippen LogP contribution in [0.1, 0.15) is 29.1 Å². The number of H-pyrrole nitrogens is 1. The Morgan fingerprint density at radius 3 is 2.86 bits per heavy atom. The molecular weight excluding hydrogens is 278 g/mol. The Hall–Kier alpha value is -3.01. The van der Waals surface area contributed by atoms with E-state index in [-0.39, 0.29) is 16.9 Å². The fourth-order valence-electron chi connectivity index (χ4n) is 1.72. The first-order chi connectivity index (χ1) is 10.0. The number of nitrogens with one attached hydrogen (secondary N) is 3. The minimum Gasteiger partial charge on any atom is -0.342 e. The van der Waals surface area contributed by atoms with E-state index in [4.69, 9.17) is 5.84 Å². The number of nitrogen functional groups attached to an aromatic ring is 1. The molecule has 21 heavy (non-hydrogen) atoms. The van der Waals surface area contributed by atoms with E-state index >= 15 is 0 Å². The van der Waals surface area contributed by atoms with Crippen LogP contribution in [0.3, 0.4) is 0 Å². The number of benzene rings is 1. The molecule has 10 nitrogen and oxygen atoms in total. The van der Waals surface area contributed by atoms with Gasteiger partial charge in [0.2, 0.25) is 0 Å². The number of nitrogens with two attached hydrogens (primary N) is 1. The van der Waals surface area contributed by atoms with Crippen molar-refractivity contribution in [1.82, 2.24) is 20.5 Å². The van der Waals surface area contributed by atoms with Gasteiger partial charge >= 0.3 is 0 Å². The van der Waals surface area contributed by atoms with Crippen molar-refractivity contribution in [1.29, 1.82) is 0 Å². The molecule has 0 saturated heterocycles. The zero-order valence-electron chi connectivity index (χ0n) is 11.0. The van der Waals surface area contributed by atoms with E-state index in [1.165, 1.54) is 18.5 Å². The summed E-state index contributed by atoms with van der Waals surface area (Å²) in [6, 6.07) is 3.54. The molecule has 1 unspecified atom stereocenters. The van der Waals surface area contributed by atoms with Crippen molar-refractivity contribution in [3.05, 3.63) is 46.0 Å². The molecule has 0 saturated carbocycles. The monoisotopic (exact) mass is 291 g/mol. The highest BCUT2D eigenvalue weighted by molar-refractivity contribution is 5.95. The van der Waals surface area contributed by atoms with Crippen LogP contribution in [0.2, 0.25) is 0 Å². The average molecular weight is 291 g/mol. The molecule has 0 radical (unpaired) electrons. The van der Waals surface area contributed by atoms with Gasteiger partial charge in [-0.25, -0.2) is 4.98 Å². The molecule has 0 fully saturated rings. The van der Waals surface area contributed by atoms with Crippen LogP contribution in [-0.4, -0.2) is 26.0 Å². The zero-order chi connectivity index (χ0) is 15.4. The van der Waals surface area contributed by atoms with Crippen molar-refractivity contribution < 1.29 is 9.72 Å². The van der Waals surface area contributed by atoms with E-state index in [0.717, 1.165) is 6.07 Å². The molecule has 110 valence electrons. The number of carbonyl (C=O) groups is 1. The van der Waals surface area contributed by atoms with Crippen LogP contribution < -0.4 is 16.6 Å². The summed E-state index contributed by atoms with van der Waals surface area (Å²) in [6.45, 7) is 1.71. The van der Waals surface area contributed by atoms with Gasteiger partial charge in [0.1, 0.15) is 17.8 Å². The summed E-state index contributed by atoms with van der Waals surface area (Å²) in [7, 11) is 0. The third kappa shape index (κ3) is 3.12. The van der Waals surface area contributed by atoms with Crippen molar-refractivity contribution in [3.63, 3.8) is 0 Å². The van der Waals surface area contributed by atoms with Gasteiger partial charge in [-0.3, -0.25) is 25.9 Å². The van der Waals surface area contributed by atoms with Crippen molar-refractivity contribution in [2.45, 2.75) is 13.0 Å². The number of nitro benzene ring substituents is 1. The van der Waals surface area contributed by atoms with E-state index in [1.807, 2.05) is 0 Å². The summed E-state index contributed by atoms with van der Waals surface area (Å²) in [4.78, 5) is 26.3. The van der Waals surface area contributed by atoms with E-state index < -0.39 is 16.9 Å². The predicted octanol–water partition coefficient (Wildman–Crippen LogP) is 0.490. The summed E-state index contributed by atoms with van der Waals surface area (Å²) in [5.41, 5.74) is 2.20. The lowest BCUT2D eigenvalue weighted by Crippen LogP contribution is -2.27. The average Bonchev–Trinajstić information content (AvgIpc) is 3.00. The van der Waals surface area contributed by atoms with Gasteiger partial charge in [-0.15, -0.1) is 0 Å². The normalized spacial score (nSPS) is 11.7. The van der Waals surface area contributed by atoms with E-state index in [9.17, 15) is 14.9 Å². The summed E-state index contributed by atoms with van der Waals surface area (Å²) in [6.07, 6.45) is 1.32. The second kappa shape index (κ2) is 5.96. The van der Waals surface area contributed by atoms with Gasteiger partial charge in [0.05, 0.1) is 11.0 Å². The molecule has 0 aliphatic rings. The number of hydrogen-bond acceptors (Lipinski definition) is 7. The molecule has 2 aromatic rings. The summed E-state index contributed by atoms with van der Waals surface area (Å²) >= 11 is 0. The molecule has 0 aliphatic heterocycles. The van der Waals surface area contributed by atoms with Gasteiger partial charge in [-0.05, 0) is 19.1 Å². The Morgan fingerprint density at radius 2 is 2.29 bits per heavy atom. The van der Waals surface area contributed by atoms with E-state index in [2.05, 4.69) is 25.9 Å². The SMILES string of the molecule is CC(NC(=O)c1ccc(NN)c([N+](=O)[O-])c1)c1ncn[nH]1. The molecule has 0 spiro atoms. The number of hydrogen-bond donors (Lipinski definition) is 4. The van der Waals surface area contributed by atoms with Crippen LogP contribution in [0.5, 0.6) is 0 Å². The zero-order valence-corrected chi connectivity index (χ0v) is 11.0. The standard InChI is InChI=1S/C11H13N7O3/c1-6(10-13-5-14-17-10)15-11(19)7-2-3-8(16-12)9(4-7)18(20)21/h2-6,16H,12H2,1H3,(H,15,19)(H,13,14,17). The lowest BCUT2D eigenvalue weighted by Gasteiger charge is -2.11. The van der Waals surface area contributed by atoms with E-state index in [1.54, 1.807) is 6.92 Å². The van der Waals surface area contributed by atoms with Crippen LogP contribution >= 0.6 is 0 Å². The molecule has 1 amide bonds. The van der Waals surface area contributed by atoms with Crippen LogP contribution in [0.4, 0.5) is 11.4 Å². The first-order valence-corrected chi connectivity index (χ1v) is 5.94. The lowest BCUT2D eigenvalue weighted by molar-refractivity contribution is -0.384. The second-order valence-corrected chi connectivity index (χ2v) is 4.20. The molecular formula is C11H13N7O3. The highest BCUT2D eigenvalue weighted by atomic mass is 16.6. The summed E-state index contributed by atoms with van der Waals surface area (Å²) < 4.78 is 0. The Bertz CT molecular complexity index is 656. The molecule has 1 aromatic heterocycles. The molecule has 1 heterocycles. The van der Waals surface area contributed by atoms with Gasteiger partial charge in [-0.2, -0.15) is 5.10 Å². The first-order valence-electron chi connectivity index (χ1n) is 5.94. The van der Waals surface area contributed by atoms with Crippen molar-refractivity contribution in [2.75, 3.05) is 5.43 Å². The predicted molar refractivity (Wildman–Crippen MR) is 73.2 cm³/mol. The van der Waals surface area contributed by atoms with Crippen molar-refractivity contribution in [3.8, 4) is 0 Å². The maximum absolute atomic E-state index is 12.1. The smallest absolute Gasteiger partial charge is 0.294 e. The number of amides is 1. The Balaban J connectivity index is 2.19. The number of nitro groups is 1. The molecule has 0 bridgehead atoms. The van der Waals surface area contributed by atoms with Gasteiger partial charge in [0.15, 0.2) is 0 Å². The topological polar surface area (TPSA) is 152 Å². The van der Waals surface area contributed by atoms with Crippen LogP contribution in [0, 0.1) is 10.1 Å². The highest BCUT2D eigenvalue weighted by Gasteiger charge is 2.19. The molecule has 10 heteroatoms. The molecule has 1 atom stereocenters.